The monoisotopic (exact) mass is 289 g/mol. The van der Waals surface area contributed by atoms with Crippen LogP contribution in [0, 0.1) is 10.1 Å². The van der Waals surface area contributed by atoms with Crippen molar-refractivity contribution in [3.63, 3.8) is 0 Å². The number of nitro benzene ring substituents is 1. The number of hydrogen-bond acceptors (Lipinski definition) is 5. The van der Waals surface area contributed by atoms with Gasteiger partial charge in [0.2, 0.25) is 11.8 Å². The fourth-order valence-corrected chi connectivity index (χ4v) is 2.66. The van der Waals surface area contributed by atoms with Crippen molar-refractivity contribution >= 4 is 29.1 Å². The second kappa shape index (κ2) is 4.65. The molecule has 2 aliphatic heterocycles. The first kappa shape index (κ1) is 13.2. The second-order valence-corrected chi connectivity index (χ2v) is 4.87. The number of hydrogen-bond donors (Lipinski definition) is 0. The van der Waals surface area contributed by atoms with Crippen LogP contribution in [0.4, 0.5) is 11.4 Å². The van der Waals surface area contributed by atoms with E-state index in [9.17, 15) is 24.5 Å². The summed E-state index contributed by atoms with van der Waals surface area (Å²) in [6.07, 6.45) is 0.626. The summed E-state index contributed by atoms with van der Waals surface area (Å²) in [6.45, 7) is 0. The molecule has 21 heavy (non-hydrogen) atoms. The molecule has 0 bridgehead atoms. The molecule has 1 aromatic rings. The minimum atomic E-state index is -0.574. The number of anilines is 1. The first-order chi connectivity index (χ1) is 10.0. The Labute approximate surface area is 119 Å². The number of benzene rings is 1. The van der Waals surface area contributed by atoms with E-state index < -0.39 is 22.6 Å². The van der Waals surface area contributed by atoms with Gasteiger partial charge in [-0.1, -0.05) is 6.07 Å². The first-order valence-corrected chi connectivity index (χ1v) is 6.45. The van der Waals surface area contributed by atoms with Gasteiger partial charge in [-0.15, -0.1) is 0 Å². The van der Waals surface area contributed by atoms with Gasteiger partial charge in [0.1, 0.15) is 0 Å². The van der Waals surface area contributed by atoms with Crippen molar-refractivity contribution in [3.05, 3.63) is 33.9 Å². The number of rotatable bonds is 2. The summed E-state index contributed by atoms with van der Waals surface area (Å²) < 4.78 is 0. The molecule has 0 N–H and O–H groups in total. The van der Waals surface area contributed by atoms with Crippen LogP contribution >= 0.6 is 0 Å². The van der Waals surface area contributed by atoms with Crippen LogP contribution in [0.2, 0.25) is 0 Å². The lowest BCUT2D eigenvalue weighted by molar-refractivity contribution is -0.385. The zero-order valence-corrected chi connectivity index (χ0v) is 10.9. The Kier molecular flexibility index (Phi) is 2.93. The Morgan fingerprint density at radius 1 is 1.00 bits per heavy atom. The van der Waals surface area contributed by atoms with Gasteiger partial charge in [0.05, 0.1) is 22.6 Å². The lowest BCUT2D eigenvalue weighted by Crippen LogP contribution is -2.53. The second-order valence-electron chi connectivity index (χ2n) is 4.87. The van der Waals surface area contributed by atoms with Gasteiger partial charge < -0.3 is 0 Å². The number of nitrogens with zero attached hydrogens (tertiary/aromatic N) is 3. The SMILES string of the molecule is O=C1CCCC(=O)N1N1C(=O)Cc2c1cccc2[N+](=O)[O-]. The normalized spacial score (nSPS) is 18.2. The zero-order chi connectivity index (χ0) is 15.1. The Hall–Kier alpha value is -2.77. The van der Waals surface area contributed by atoms with Crippen molar-refractivity contribution in [3.8, 4) is 0 Å². The van der Waals surface area contributed by atoms with Gasteiger partial charge in [0, 0.05) is 18.9 Å². The van der Waals surface area contributed by atoms with Gasteiger partial charge in [-0.05, 0) is 12.5 Å². The quantitative estimate of drug-likeness (QED) is 0.458. The highest BCUT2D eigenvalue weighted by molar-refractivity contribution is 6.10. The molecule has 3 rings (SSSR count). The van der Waals surface area contributed by atoms with E-state index in [2.05, 4.69) is 0 Å². The molecule has 8 heteroatoms. The molecule has 2 heterocycles. The predicted molar refractivity (Wildman–Crippen MR) is 70.0 cm³/mol. The third kappa shape index (κ3) is 1.95. The molecule has 108 valence electrons. The topological polar surface area (TPSA) is 101 Å². The molecular formula is C13H11N3O5. The van der Waals surface area contributed by atoms with E-state index in [0.29, 0.717) is 6.42 Å². The Morgan fingerprint density at radius 2 is 1.67 bits per heavy atom. The summed E-state index contributed by atoms with van der Waals surface area (Å²) >= 11 is 0. The van der Waals surface area contributed by atoms with Crippen molar-refractivity contribution in [1.29, 1.82) is 0 Å². The first-order valence-electron chi connectivity index (χ1n) is 6.45. The Morgan fingerprint density at radius 3 is 2.29 bits per heavy atom. The van der Waals surface area contributed by atoms with E-state index in [1.165, 1.54) is 18.2 Å². The molecule has 8 nitrogen and oxygen atoms in total. The average molecular weight is 289 g/mol. The molecule has 0 unspecified atom stereocenters. The number of nitro groups is 1. The summed E-state index contributed by atoms with van der Waals surface area (Å²) in [6, 6.07) is 4.24. The highest BCUT2D eigenvalue weighted by Crippen LogP contribution is 2.37. The minimum Gasteiger partial charge on any atom is -0.273 e. The molecule has 3 amide bonds. The minimum absolute atomic E-state index is 0.180. The van der Waals surface area contributed by atoms with Gasteiger partial charge >= 0.3 is 0 Å². The van der Waals surface area contributed by atoms with Gasteiger partial charge in [-0.3, -0.25) is 24.5 Å². The van der Waals surface area contributed by atoms with Crippen molar-refractivity contribution in [1.82, 2.24) is 5.01 Å². The number of imide groups is 1. The molecule has 1 fully saturated rings. The number of hydrazine groups is 1. The third-order valence-corrected chi connectivity index (χ3v) is 3.57. The number of piperidine rings is 1. The fraction of sp³-hybridized carbons (Fsp3) is 0.308. The van der Waals surface area contributed by atoms with Crippen LogP contribution in [0.25, 0.3) is 0 Å². The largest absolute Gasteiger partial charge is 0.275 e. The highest BCUT2D eigenvalue weighted by atomic mass is 16.6. The molecule has 0 saturated carbocycles. The molecule has 0 radical (unpaired) electrons. The van der Waals surface area contributed by atoms with E-state index in [0.717, 1.165) is 10.0 Å². The molecule has 0 atom stereocenters. The summed E-state index contributed by atoms with van der Waals surface area (Å²) in [5.41, 5.74) is 0.289. The van der Waals surface area contributed by atoms with Gasteiger partial charge in [0.25, 0.3) is 11.6 Å². The van der Waals surface area contributed by atoms with E-state index in [-0.39, 0.29) is 36.2 Å². The number of carbonyl (C=O) groups is 3. The maximum absolute atomic E-state index is 12.2. The Bertz CT molecular complexity index is 668. The van der Waals surface area contributed by atoms with Crippen molar-refractivity contribution in [2.75, 3.05) is 5.01 Å². The molecule has 0 aromatic heterocycles. The lowest BCUT2D eigenvalue weighted by atomic mass is 10.1. The smallest absolute Gasteiger partial charge is 0.273 e. The summed E-state index contributed by atoms with van der Waals surface area (Å²) in [4.78, 5) is 46.5. The maximum atomic E-state index is 12.2. The third-order valence-electron chi connectivity index (χ3n) is 3.57. The van der Waals surface area contributed by atoms with Crippen molar-refractivity contribution in [2.24, 2.45) is 0 Å². The number of amides is 3. The van der Waals surface area contributed by atoms with Gasteiger partial charge in [0.15, 0.2) is 0 Å². The van der Waals surface area contributed by atoms with Crippen LogP contribution in [0.15, 0.2) is 18.2 Å². The maximum Gasteiger partial charge on any atom is 0.275 e. The van der Waals surface area contributed by atoms with Crippen molar-refractivity contribution in [2.45, 2.75) is 25.7 Å². The predicted octanol–water partition coefficient (Wildman–Crippen LogP) is 0.938. The number of carbonyl (C=O) groups excluding carboxylic acids is 3. The molecular weight excluding hydrogens is 278 g/mol. The van der Waals surface area contributed by atoms with Gasteiger partial charge in [-0.25, -0.2) is 5.01 Å². The van der Waals surface area contributed by atoms with E-state index in [4.69, 9.17) is 0 Å². The van der Waals surface area contributed by atoms with Crippen LogP contribution < -0.4 is 5.01 Å². The van der Waals surface area contributed by atoms with Gasteiger partial charge in [-0.2, -0.15) is 5.01 Å². The van der Waals surface area contributed by atoms with E-state index in [1.807, 2.05) is 0 Å². The van der Waals surface area contributed by atoms with Crippen LogP contribution in [-0.2, 0) is 20.8 Å². The molecule has 0 spiro atoms. The van der Waals surface area contributed by atoms with E-state index >= 15 is 0 Å². The summed E-state index contributed by atoms with van der Waals surface area (Å²) in [5.74, 6) is -1.43. The van der Waals surface area contributed by atoms with Crippen LogP contribution in [0.1, 0.15) is 24.8 Å². The molecule has 2 aliphatic rings. The molecule has 1 aromatic carbocycles. The lowest BCUT2D eigenvalue weighted by Gasteiger charge is -2.32. The van der Waals surface area contributed by atoms with Crippen LogP contribution in [0.3, 0.4) is 0 Å². The van der Waals surface area contributed by atoms with Crippen LogP contribution in [-0.4, -0.2) is 27.7 Å². The summed E-state index contributed by atoms with van der Waals surface area (Å²) in [7, 11) is 0. The van der Waals surface area contributed by atoms with E-state index in [1.54, 1.807) is 0 Å². The average Bonchev–Trinajstić information content (AvgIpc) is 2.75. The van der Waals surface area contributed by atoms with Crippen LogP contribution in [0.5, 0.6) is 0 Å². The zero-order valence-electron chi connectivity index (χ0n) is 10.9. The highest BCUT2D eigenvalue weighted by Gasteiger charge is 2.42. The molecule has 0 aliphatic carbocycles. The standard InChI is InChI=1S/C13H11N3O5/c17-11-5-2-6-12(18)15(11)14-9-3-1-4-10(16(20)21)8(9)7-13(14)19/h1,3-4H,2,5-7H2. The summed E-state index contributed by atoms with van der Waals surface area (Å²) in [5, 5.41) is 12.8. The molecule has 1 saturated heterocycles. The Balaban J connectivity index is 2.09. The number of fused-ring (bicyclic) bond motifs is 1. The fourth-order valence-electron chi connectivity index (χ4n) is 2.66. The van der Waals surface area contributed by atoms with Crippen molar-refractivity contribution < 1.29 is 19.3 Å².